The Hall–Kier alpha value is -3.84. The van der Waals surface area contributed by atoms with Crippen molar-refractivity contribution >= 4 is 33.9 Å². The summed E-state index contributed by atoms with van der Waals surface area (Å²) in [6.07, 6.45) is 3.14. The molecule has 32 heavy (non-hydrogen) atoms. The lowest BCUT2D eigenvalue weighted by Gasteiger charge is -2.31. The van der Waals surface area contributed by atoms with Crippen molar-refractivity contribution in [3.63, 3.8) is 0 Å². The number of aliphatic hydroxyl groups excluding tert-OH is 1. The third kappa shape index (κ3) is 4.02. The summed E-state index contributed by atoms with van der Waals surface area (Å²) in [7, 11) is 0. The summed E-state index contributed by atoms with van der Waals surface area (Å²) in [4.78, 5) is 15.1. The average molecular weight is 428 g/mol. The van der Waals surface area contributed by atoms with Crippen LogP contribution >= 0.6 is 0 Å². The third-order valence-corrected chi connectivity index (χ3v) is 5.92. The van der Waals surface area contributed by atoms with Crippen LogP contribution in [0, 0.1) is 0 Å². The number of amides is 1. The van der Waals surface area contributed by atoms with Crippen molar-refractivity contribution in [2.24, 2.45) is 0 Å². The Labute approximate surface area is 186 Å². The molecule has 7 nitrogen and oxygen atoms in total. The highest BCUT2D eigenvalue weighted by molar-refractivity contribution is 6.06. The van der Waals surface area contributed by atoms with E-state index in [1.165, 1.54) is 0 Å². The topological polar surface area (TPSA) is 96.4 Å². The van der Waals surface area contributed by atoms with Gasteiger partial charge in [-0.2, -0.15) is 5.10 Å². The molecule has 1 aliphatic rings. The normalized spacial score (nSPS) is 14.6. The van der Waals surface area contributed by atoms with Crippen LogP contribution in [0.3, 0.4) is 0 Å². The monoisotopic (exact) mass is 427 g/mol. The van der Waals surface area contributed by atoms with Crippen molar-refractivity contribution in [3.05, 3.63) is 78.5 Å². The van der Waals surface area contributed by atoms with Gasteiger partial charge in [0.15, 0.2) is 0 Å². The molecule has 0 saturated carbocycles. The quantitative estimate of drug-likeness (QED) is 0.430. The van der Waals surface area contributed by atoms with E-state index in [2.05, 4.69) is 15.3 Å². The van der Waals surface area contributed by atoms with Crippen molar-refractivity contribution in [1.29, 1.82) is 0 Å². The minimum absolute atomic E-state index is 0.166. The van der Waals surface area contributed by atoms with E-state index in [0.29, 0.717) is 11.3 Å². The predicted molar refractivity (Wildman–Crippen MR) is 127 cm³/mol. The maximum atomic E-state index is 12.8. The molecular formula is C25H25N5O2. The first-order valence-electron chi connectivity index (χ1n) is 10.7. The summed E-state index contributed by atoms with van der Waals surface area (Å²) in [5.41, 5.74) is 10.7. The SMILES string of the molecule is Nc1ccc(-n2ncc3cc(C(=O)Nc4ccc(N5CCC(O)CC5)cc4)ccc32)cc1. The van der Waals surface area contributed by atoms with Crippen molar-refractivity contribution in [3.8, 4) is 5.69 Å². The Morgan fingerprint density at radius 2 is 1.66 bits per heavy atom. The van der Waals surface area contributed by atoms with Gasteiger partial charge in [0.1, 0.15) is 0 Å². The standard InChI is InChI=1S/C25H25N5O2/c26-19-2-6-22(7-3-19)30-24-10-1-17(15-18(24)16-27-30)25(32)28-20-4-8-21(9-5-20)29-13-11-23(31)12-14-29/h1-10,15-16,23,31H,11-14,26H2,(H,28,32). The third-order valence-electron chi connectivity index (χ3n) is 5.92. The van der Waals surface area contributed by atoms with Gasteiger partial charge in [0.25, 0.3) is 5.91 Å². The maximum Gasteiger partial charge on any atom is 0.255 e. The lowest BCUT2D eigenvalue weighted by molar-refractivity contribution is 0.102. The molecule has 1 aromatic heterocycles. The number of nitrogen functional groups attached to an aromatic ring is 1. The van der Waals surface area contributed by atoms with Gasteiger partial charge in [-0.15, -0.1) is 0 Å². The molecule has 0 unspecified atom stereocenters. The van der Waals surface area contributed by atoms with Crippen LogP contribution in [0.2, 0.25) is 0 Å². The number of piperidine rings is 1. The Bertz CT molecular complexity index is 1240. The van der Waals surface area contributed by atoms with E-state index in [0.717, 1.165) is 53.9 Å². The number of nitrogens with one attached hydrogen (secondary N) is 1. The lowest BCUT2D eigenvalue weighted by atomic mass is 10.1. The molecule has 1 amide bonds. The minimum atomic E-state index is -0.194. The Balaban J connectivity index is 1.30. The number of nitrogens with zero attached hydrogens (tertiary/aromatic N) is 3. The van der Waals surface area contributed by atoms with Gasteiger partial charge in [-0.25, -0.2) is 4.68 Å². The van der Waals surface area contributed by atoms with Crippen LogP contribution in [0.15, 0.2) is 72.9 Å². The predicted octanol–water partition coefficient (Wildman–Crippen LogP) is 3.82. The summed E-state index contributed by atoms with van der Waals surface area (Å²) < 4.78 is 1.83. The molecule has 0 spiro atoms. The Morgan fingerprint density at radius 3 is 2.38 bits per heavy atom. The van der Waals surface area contributed by atoms with E-state index in [-0.39, 0.29) is 12.0 Å². The molecule has 0 radical (unpaired) electrons. The largest absolute Gasteiger partial charge is 0.399 e. The fourth-order valence-electron chi connectivity index (χ4n) is 4.08. The van der Waals surface area contributed by atoms with E-state index in [9.17, 15) is 9.90 Å². The molecule has 4 N–H and O–H groups in total. The highest BCUT2D eigenvalue weighted by Crippen LogP contribution is 2.24. The summed E-state index contributed by atoms with van der Waals surface area (Å²) in [6.45, 7) is 1.69. The van der Waals surface area contributed by atoms with E-state index >= 15 is 0 Å². The summed E-state index contributed by atoms with van der Waals surface area (Å²) >= 11 is 0. The molecule has 5 rings (SSSR count). The van der Waals surface area contributed by atoms with E-state index in [4.69, 9.17) is 5.73 Å². The van der Waals surface area contributed by atoms with Gasteiger partial charge >= 0.3 is 0 Å². The first-order valence-corrected chi connectivity index (χ1v) is 10.7. The lowest BCUT2D eigenvalue weighted by Crippen LogP contribution is -2.35. The Kier molecular flexibility index (Phi) is 5.25. The van der Waals surface area contributed by atoms with Gasteiger partial charge in [-0.05, 0) is 79.6 Å². The van der Waals surface area contributed by atoms with Crippen molar-refractivity contribution in [1.82, 2.24) is 9.78 Å². The number of aromatic nitrogens is 2. The highest BCUT2D eigenvalue weighted by atomic mass is 16.3. The molecule has 162 valence electrons. The zero-order chi connectivity index (χ0) is 22.1. The molecule has 0 aliphatic carbocycles. The van der Waals surface area contributed by atoms with Crippen LogP contribution in [-0.4, -0.2) is 40.0 Å². The van der Waals surface area contributed by atoms with Gasteiger partial charge in [-0.3, -0.25) is 4.79 Å². The Morgan fingerprint density at radius 1 is 0.969 bits per heavy atom. The molecule has 2 heterocycles. The number of nitrogens with two attached hydrogens (primary N) is 1. The van der Waals surface area contributed by atoms with Crippen LogP contribution < -0.4 is 16.0 Å². The second-order valence-electron chi connectivity index (χ2n) is 8.14. The van der Waals surface area contributed by atoms with Crippen LogP contribution in [0.5, 0.6) is 0 Å². The zero-order valence-corrected chi connectivity index (χ0v) is 17.6. The van der Waals surface area contributed by atoms with Crippen molar-refractivity contribution in [2.75, 3.05) is 29.0 Å². The van der Waals surface area contributed by atoms with E-state index < -0.39 is 0 Å². The number of carbonyl (C=O) groups is 1. The summed E-state index contributed by atoms with van der Waals surface area (Å²) in [5.74, 6) is -0.166. The fraction of sp³-hybridized carbons (Fsp3) is 0.200. The number of benzene rings is 3. The highest BCUT2D eigenvalue weighted by Gasteiger charge is 2.17. The molecule has 1 fully saturated rings. The zero-order valence-electron chi connectivity index (χ0n) is 17.6. The first-order chi connectivity index (χ1) is 15.6. The molecule has 4 aromatic rings. The number of aliphatic hydroxyl groups is 1. The van der Waals surface area contributed by atoms with Gasteiger partial charge in [0, 0.05) is 41.1 Å². The molecule has 7 heteroatoms. The van der Waals surface area contributed by atoms with Gasteiger partial charge in [0.2, 0.25) is 0 Å². The maximum absolute atomic E-state index is 12.8. The summed E-state index contributed by atoms with van der Waals surface area (Å²) in [5, 5.41) is 18.0. The van der Waals surface area contributed by atoms with Crippen molar-refractivity contribution < 1.29 is 9.90 Å². The smallest absolute Gasteiger partial charge is 0.255 e. The number of rotatable bonds is 4. The van der Waals surface area contributed by atoms with Gasteiger partial charge in [-0.1, -0.05) is 0 Å². The number of anilines is 3. The van der Waals surface area contributed by atoms with Crippen LogP contribution in [0.4, 0.5) is 17.1 Å². The first kappa shape index (κ1) is 20.1. The number of carbonyl (C=O) groups excluding carboxylic acids is 1. The van der Waals surface area contributed by atoms with E-state index in [1.54, 1.807) is 12.3 Å². The number of hydrogen-bond acceptors (Lipinski definition) is 5. The van der Waals surface area contributed by atoms with E-state index in [1.807, 2.05) is 65.3 Å². The molecule has 1 aliphatic heterocycles. The molecule has 0 atom stereocenters. The molecule has 3 aromatic carbocycles. The van der Waals surface area contributed by atoms with Crippen LogP contribution in [0.25, 0.3) is 16.6 Å². The number of fused-ring (bicyclic) bond motifs is 1. The van der Waals surface area contributed by atoms with Gasteiger partial charge in [0.05, 0.1) is 23.5 Å². The second-order valence-corrected chi connectivity index (χ2v) is 8.14. The van der Waals surface area contributed by atoms with Crippen molar-refractivity contribution in [2.45, 2.75) is 18.9 Å². The minimum Gasteiger partial charge on any atom is -0.399 e. The molecule has 1 saturated heterocycles. The van der Waals surface area contributed by atoms with Gasteiger partial charge < -0.3 is 21.1 Å². The van der Waals surface area contributed by atoms with Crippen LogP contribution in [-0.2, 0) is 0 Å². The summed E-state index contributed by atoms with van der Waals surface area (Å²) in [6, 6.07) is 20.9. The molecule has 0 bridgehead atoms. The second kappa shape index (κ2) is 8.36. The average Bonchev–Trinajstić information content (AvgIpc) is 3.24. The van der Waals surface area contributed by atoms with Crippen LogP contribution in [0.1, 0.15) is 23.2 Å². The fourth-order valence-corrected chi connectivity index (χ4v) is 4.08. The molecular weight excluding hydrogens is 402 g/mol. The number of hydrogen-bond donors (Lipinski definition) is 3.